The van der Waals surface area contributed by atoms with Crippen LogP contribution in [-0.2, 0) is 4.74 Å². The molecular weight excluding hydrogens is 294 g/mol. The van der Waals surface area contributed by atoms with Crippen LogP contribution in [0.3, 0.4) is 0 Å². The van der Waals surface area contributed by atoms with Crippen LogP contribution in [0.5, 0.6) is 0 Å². The minimum Gasteiger partial charge on any atom is -0.371 e. The molecule has 1 rings (SSSR count). The van der Waals surface area contributed by atoms with Crippen LogP contribution < -0.4 is 5.32 Å². The number of hydrogen-bond acceptors (Lipinski definition) is 2. The number of nitrogens with one attached hydrogen (secondary N) is 1. The molecule has 1 N–H and O–H groups in total. The molecule has 0 spiro atoms. The van der Waals surface area contributed by atoms with E-state index in [1.807, 2.05) is 0 Å². The van der Waals surface area contributed by atoms with Gasteiger partial charge in [-0.25, -0.2) is 0 Å². The fourth-order valence-electron chi connectivity index (χ4n) is 4.67. The van der Waals surface area contributed by atoms with Crippen molar-refractivity contribution in [2.45, 2.75) is 120 Å². The molecule has 1 aliphatic rings. The van der Waals surface area contributed by atoms with Crippen molar-refractivity contribution in [1.82, 2.24) is 5.32 Å². The van der Waals surface area contributed by atoms with Crippen LogP contribution in [0.4, 0.5) is 0 Å². The molecule has 0 aromatic heterocycles. The van der Waals surface area contributed by atoms with Crippen LogP contribution in [0.25, 0.3) is 0 Å². The second-order valence-corrected chi connectivity index (χ2v) is 12.3. The Labute approximate surface area is 152 Å². The fourth-order valence-corrected chi connectivity index (χ4v) is 4.67. The smallest absolute Gasteiger partial charge is 0.0695 e. The Balaban J connectivity index is 3.54. The number of rotatable bonds is 2. The van der Waals surface area contributed by atoms with E-state index in [0.717, 1.165) is 0 Å². The lowest BCUT2D eigenvalue weighted by atomic mass is 9.41. The molecule has 1 saturated carbocycles. The average Bonchev–Trinajstić information content (AvgIpc) is 2.28. The van der Waals surface area contributed by atoms with E-state index in [2.05, 4.69) is 102 Å². The highest BCUT2D eigenvalue weighted by Gasteiger charge is 2.66. The zero-order valence-corrected chi connectivity index (χ0v) is 19.1. The zero-order valence-electron chi connectivity index (χ0n) is 19.1. The Morgan fingerprint density at radius 2 is 0.958 bits per heavy atom. The molecule has 24 heavy (non-hydrogen) atoms. The maximum absolute atomic E-state index is 6.73. The van der Waals surface area contributed by atoms with Crippen molar-refractivity contribution in [3.8, 4) is 0 Å². The molecule has 144 valence electrons. The van der Waals surface area contributed by atoms with E-state index in [0.29, 0.717) is 6.04 Å². The Morgan fingerprint density at radius 3 is 1.21 bits per heavy atom. The van der Waals surface area contributed by atoms with Gasteiger partial charge in [0.05, 0.1) is 11.7 Å². The average molecular weight is 340 g/mol. The van der Waals surface area contributed by atoms with Crippen molar-refractivity contribution < 1.29 is 4.74 Å². The molecule has 0 radical (unpaired) electrons. The highest BCUT2D eigenvalue weighted by molar-refractivity contribution is 5.17. The van der Waals surface area contributed by atoms with E-state index in [9.17, 15) is 0 Å². The van der Waals surface area contributed by atoms with Gasteiger partial charge in [0.15, 0.2) is 0 Å². The van der Waals surface area contributed by atoms with Gasteiger partial charge >= 0.3 is 0 Å². The third-order valence-corrected chi connectivity index (χ3v) is 7.12. The molecule has 0 bridgehead atoms. The minimum atomic E-state index is -0.143. The largest absolute Gasteiger partial charge is 0.371 e. The molecule has 0 aliphatic heterocycles. The fraction of sp³-hybridized carbons (Fsp3) is 1.00. The number of ether oxygens (including phenoxy) is 1. The van der Waals surface area contributed by atoms with Crippen molar-refractivity contribution in [2.75, 3.05) is 0 Å². The molecule has 1 fully saturated rings. The second-order valence-electron chi connectivity index (χ2n) is 12.3. The highest BCUT2D eigenvalue weighted by Crippen LogP contribution is 2.64. The van der Waals surface area contributed by atoms with Crippen molar-refractivity contribution in [3.63, 3.8) is 0 Å². The van der Waals surface area contributed by atoms with Crippen LogP contribution in [0.1, 0.15) is 96.9 Å². The maximum Gasteiger partial charge on any atom is 0.0695 e. The molecule has 1 aliphatic carbocycles. The van der Waals surface area contributed by atoms with Crippen molar-refractivity contribution in [2.24, 2.45) is 21.7 Å². The molecular formula is C22H45NO. The third kappa shape index (κ3) is 3.56. The van der Waals surface area contributed by atoms with E-state index in [4.69, 9.17) is 4.74 Å². The molecule has 2 heteroatoms. The van der Waals surface area contributed by atoms with Crippen LogP contribution in [-0.4, -0.2) is 23.3 Å². The lowest BCUT2D eigenvalue weighted by molar-refractivity contribution is -0.264. The van der Waals surface area contributed by atoms with E-state index < -0.39 is 0 Å². The summed E-state index contributed by atoms with van der Waals surface area (Å²) in [5, 5.41) is 3.98. The van der Waals surface area contributed by atoms with Gasteiger partial charge < -0.3 is 10.1 Å². The first kappa shape index (κ1) is 22.0. The molecule has 0 unspecified atom stereocenters. The van der Waals surface area contributed by atoms with E-state index in [1.165, 1.54) is 0 Å². The standard InChI is InChI=1S/C22H45NO/c1-17(2,3)23-15-19(7,8)21(11,12)16(24-18(4,5)6)22(13,14)20(15,9)10/h15-16,23H,1-14H3. The molecule has 0 amide bonds. The SMILES string of the molecule is CC(C)(C)NC1C(C)(C)C(C)(C)C(OC(C)(C)C)C(C)(C)C1(C)C. The van der Waals surface area contributed by atoms with Crippen molar-refractivity contribution in [1.29, 1.82) is 0 Å². The van der Waals surface area contributed by atoms with Crippen LogP contribution in [0, 0.1) is 21.7 Å². The number of hydrogen-bond donors (Lipinski definition) is 1. The van der Waals surface area contributed by atoms with Crippen LogP contribution in [0.15, 0.2) is 0 Å². The predicted octanol–water partition coefficient (Wildman–Crippen LogP) is 6.05. The Hall–Kier alpha value is -0.0800. The van der Waals surface area contributed by atoms with Gasteiger partial charge in [-0.15, -0.1) is 0 Å². The van der Waals surface area contributed by atoms with Gasteiger partial charge in [0.1, 0.15) is 0 Å². The molecule has 0 saturated heterocycles. The van der Waals surface area contributed by atoms with Gasteiger partial charge in [-0.05, 0) is 63.2 Å². The first-order valence-electron chi connectivity index (χ1n) is 9.63. The van der Waals surface area contributed by atoms with Gasteiger partial charge in [0.25, 0.3) is 0 Å². The minimum absolute atomic E-state index is 0.0439. The lowest BCUT2D eigenvalue weighted by Crippen LogP contribution is -2.74. The van der Waals surface area contributed by atoms with E-state index in [1.54, 1.807) is 0 Å². The summed E-state index contributed by atoms with van der Waals surface area (Å²) in [6, 6.07) is 0.398. The monoisotopic (exact) mass is 339 g/mol. The topological polar surface area (TPSA) is 21.3 Å². The second kappa shape index (κ2) is 5.71. The predicted molar refractivity (Wildman–Crippen MR) is 106 cm³/mol. The molecule has 0 atom stereocenters. The summed E-state index contributed by atoms with van der Waals surface area (Å²) < 4.78 is 6.73. The van der Waals surface area contributed by atoms with Crippen molar-refractivity contribution >= 4 is 0 Å². The molecule has 0 heterocycles. The summed E-state index contributed by atoms with van der Waals surface area (Å²) in [5.74, 6) is 0. The summed E-state index contributed by atoms with van der Waals surface area (Å²) in [7, 11) is 0. The molecule has 2 nitrogen and oxygen atoms in total. The summed E-state index contributed by atoms with van der Waals surface area (Å²) in [6.45, 7) is 32.7. The quantitative estimate of drug-likeness (QED) is 0.661. The highest BCUT2D eigenvalue weighted by atomic mass is 16.5. The Kier molecular flexibility index (Phi) is 5.22. The first-order chi connectivity index (χ1) is 10.2. The summed E-state index contributed by atoms with van der Waals surface area (Å²) in [4.78, 5) is 0. The maximum atomic E-state index is 6.73. The Bertz CT molecular complexity index is 385. The van der Waals surface area contributed by atoms with Gasteiger partial charge in [-0.3, -0.25) is 0 Å². The van der Waals surface area contributed by atoms with Crippen LogP contribution in [0.2, 0.25) is 0 Å². The van der Waals surface area contributed by atoms with Gasteiger partial charge in [-0.1, -0.05) is 55.4 Å². The lowest BCUT2D eigenvalue weighted by Gasteiger charge is -2.69. The molecule has 0 aromatic carbocycles. The zero-order chi connectivity index (χ0) is 19.6. The Morgan fingerprint density at radius 1 is 0.625 bits per heavy atom. The van der Waals surface area contributed by atoms with Gasteiger partial charge in [0.2, 0.25) is 0 Å². The van der Waals surface area contributed by atoms with Crippen LogP contribution >= 0.6 is 0 Å². The van der Waals surface area contributed by atoms with Crippen molar-refractivity contribution in [3.05, 3.63) is 0 Å². The van der Waals surface area contributed by atoms with E-state index in [-0.39, 0.29) is 38.9 Å². The third-order valence-electron chi connectivity index (χ3n) is 7.12. The van der Waals surface area contributed by atoms with Gasteiger partial charge in [0, 0.05) is 11.6 Å². The van der Waals surface area contributed by atoms with Gasteiger partial charge in [-0.2, -0.15) is 0 Å². The normalized spacial score (nSPS) is 31.8. The van der Waals surface area contributed by atoms with E-state index >= 15 is 0 Å². The summed E-state index contributed by atoms with van der Waals surface area (Å²) >= 11 is 0. The summed E-state index contributed by atoms with van der Waals surface area (Å²) in [6.07, 6.45) is 0.188. The molecule has 0 aromatic rings. The first-order valence-corrected chi connectivity index (χ1v) is 9.63. The summed E-state index contributed by atoms with van der Waals surface area (Å²) in [5.41, 5.74) is 0.216.